The van der Waals surface area contributed by atoms with Gasteiger partial charge in [0.1, 0.15) is 0 Å². The van der Waals surface area contributed by atoms with E-state index in [1.807, 2.05) is 6.92 Å². The number of amides is 1. The van der Waals surface area contributed by atoms with Gasteiger partial charge in [-0.2, -0.15) is 0 Å². The fraction of sp³-hybridized carbons (Fsp3) is 0.800. The molecule has 0 radical (unpaired) electrons. The average molecular weight is 215 g/mol. The van der Waals surface area contributed by atoms with Gasteiger partial charge in [0, 0.05) is 13.1 Å². The van der Waals surface area contributed by atoms with Crippen LogP contribution in [0.1, 0.15) is 26.2 Å². The number of carboxylic acids is 1. The standard InChI is InChI=1S/C10H17NO4/c1-2-3-6-15-10(14)11-5-4-8(7-11)9(12)13/h8H,2-7H2,1H3,(H,12,13). The van der Waals surface area contributed by atoms with E-state index >= 15 is 0 Å². The molecule has 1 aliphatic heterocycles. The lowest BCUT2D eigenvalue weighted by molar-refractivity contribution is -0.141. The van der Waals surface area contributed by atoms with Crippen LogP contribution in [0.2, 0.25) is 0 Å². The lowest BCUT2D eigenvalue weighted by atomic mass is 10.1. The third-order valence-corrected chi connectivity index (χ3v) is 2.52. The van der Waals surface area contributed by atoms with Gasteiger partial charge >= 0.3 is 12.1 Å². The minimum Gasteiger partial charge on any atom is -0.481 e. The number of aliphatic carboxylic acids is 1. The van der Waals surface area contributed by atoms with Crippen molar-refractivity contribution in [2.45, 2.75) is 26.2 Å². The number of hydrogen-bond donors (Lipinski definition) is 1. The molecule has 5 nitrogen and oxygen atoms in total. The molecule has 0 spiro atoms. The Morgan fingerprint density at radius 3 is 2.80 bits per heavy atom. The molecule has 1 atom stereocenters. The second-order valence-corrected chi connectivity index (χ2v) is 3.74. The molecule has 0 bridgehead atoms. The minimum atomic E-state index is -0.834. The van der Waals surface area contributed by atoms with Crippen LogP contribution < -0.4 is 0 Å². The van der Waals surface area contributed by atoms with Crippen molar-refractivity contribution in [1.29, 1.82) is 0 Å². The van der Waals surface area contributed by atoms with Crippen LogP contribution in [0.4, 0.5) is 4.79 Å². The first-order valence-electron chi connectivity index (χ1n) is 5.29. The first-order chi connectivity index (χ1) is 7.15. The highest BCUT2D eigenvalue weighted by atomic mass is 16.6. The summed E-state index contributed by atoms with van der Waals surface area (Å²) in [4.78, 5) is 23.5. The van der Waals surface area contributed by atoms with E-state index in [4.69, 9.17) is 9.84 Å². The second-order valence-electron chi connectivity index (χ2n) is 3.74. The summed E-state index contributed by atoms with van der Waals surface area (Å²) in [6.45, 7) is 3.20. The van der Waals surface area contributed by atoms with Gasteiger partial charge in [-0.15, -0.1) is 0 Å². The highest BCUT2D eigenvalue weighted by Gasteiger charge is 2.31. The van der Waals surface area contributed by atoms with Crippen molar-refractivity contribution in [2.75, 3.05) is 19.7 Å². The van der Waals surface area contributed by atoms with E-state index in [0.29, 0.717) is 19.6 Å². The summed E-state index contributed by atoms with van der Waals surface area (Å²) in [5.74, 6) is -1.26. The molecule has 0 aromatic rings. The zero-order valence-corrected chi connectivity index (χ0v) is 8.94. The SMILES string of the molecule is CCCCOC(=O)N1CCC(C(=O)O)C1. The third kappa shape index (κ3) is 3.42. The zero-order chi connectivity index (χ0) is 11.3. The Labute approximate surface area is 89.0 Å². The van der Waals surface area contributed by atoms with Gasteiger partial charge in [-0.1, -0.05) is 13.3 Å². The van der Waals surface area contributed by atoms with Crippen molar-refractivity contribution in [2.24, 2.45) is 5.92 Å². The van der Waals surface area contributed by atoms with Gasteiger partial charge in [-0.25, -0.2) is 4.79 Å². The number of ether oxygens (including phenoxy) is 1. The molecule has 1 fully saturated rings. The van der Waals surface area contributed by atoms with Crippen molar-refractivity contribution in [3.05, 3.63) is 0 Å². The highest BCUT2D eigenvalue weighted by Crippen LogP contribution is 2.17. The fourth-order valence-corrected chi connectivity index (χ4v) is 1.52. The molecule has 1 aliphatic rings. The summed E-state index contributed by atoms with van der Waals surface area (Å²) in [5.41, 5.74) is 0. The Balaban J connectivity index is 2.27. The Morgan fingerprint density at radius 1 is 1.53 bits per heavy atom. The topological polar surface area (TPSA) is 66.8 Å². The van der Waals surface area contributed by atoms with Crippen LogP contribution in [0.25, 0.3) is 0 Å². The van der Waals surface area contributed by atoms with Crippen molar-refractivity contribution in [3.63, 3.8) is 0 Å². The van der Waals surface area contributed by atoms with E-state index in [1.54, 1.807) is 0 Å². The summed E-state index contributed by atoms with van der Waals surface area (Å²) in [5, 5.41) is 8.75. The molecule has 86 valence electrons. The molecule has 1 heterocycles. The van der Waals surface area contributed by atoms with Gasteiger partial charge < -0.3 is 14.7 Å². The normalized spacial score (nSPS) is 20.3. The number of hydrogen-bond acceptors (Lipinski definition) is 3. The number of carboxylic acid groups (broad SMARTS) is 1. The lowest BCUT2D eigenvalue weighted by Gasteiger charge is -2.15. The number of likely N-dealkylation sites (tertiary alicyclic amines) is 1. The average Bonchev–Trinajstić information content (AvgIpc) is 2.66. The highest BCUT2D eigenvalue weighted by molar-refractivity contribution is 5.74. The van der Waals surface area contributed by atoms with Gasteiger partial charge in [-0.3, -0.25) is 4.79 Å². The molecule has 1 unspecified atom stereocenters. The summed E-state index contributed by atoms with van der Waals surface area (Å²) in [7, 11) is 0. The summed E-state index contributed by atoms with van der Waals surface area (Å²) < 4.78 is 4.99. The Hall–Kier alpha value is -1.26. The summed E-state index contributed by atoms with van der Waals surface area (Å²) >= 11 is 0. The van der Waals surface area contributed by atoms with Gasteiger partial charge in [0.15, 0.2) is 0 Å². The van der Waals surface area contributed by atoms with Crippen LogP contribution in [-0.2, 0) is 9.53 Å². The maximum Gasteiger partial charge on any atom is 0.409 e. The van der Waals surface area contributed by atoms with Crippen molar-refractivity contribution in [3.8, 4) is 0 Å². The van der Waals surface area contributed by atoms with E-state index in [-0.39, 0.29) is 12.6 Å². The first kappa shape index (κ1) is 11.8. The molecule has 1 saturated heterocycles. The van der Waals surface area contributed by atoms with Crippen LogP contribution in [0.3, 0.4) is 0 Å². The van der Waals surface area contributed by atoms with Crippen LogP contribution in [0.5, 0.6) is 0 Å². The van der Waals surface area contributed by atoms with Crippen molar-refractivity contribution < 1.29 is 19.4 Å². The Morgan fingerprint density at radius 2 is 2.27 bits per heavy atom. The molecule has 1 amide bonds. The van der Waals surface area contributed by atoms with Gasteiger partial charge in [0.2, 0.25) is 0 Å². The number of carbonyl (C=O) groups excluding carboxylic acids is 1. The number of unbranched alkanes of at least 4 members (excludes halogenated alkanes) is 1. The monoisotopic (exact) mass is 215 g/mol. The van der Waals surface area contributed by atoms with E-state index in [9.17, 15) is 9.59 Å². The van der Waals surface area contributed by atoms with E-state index in [0.717, 1.165) is 12.8 Å². The predicted molar refractivity (Wildman–Crippen MR) is 53.6 cm³/mol. The van der Waals surface area contributed by atoms with E-state index in [2.05, 4.69) is 0 Å². The van der Waals surface area contributed by atoms with Gasteiger partial charge in [0.25, 0.3) is 0 Å². The molecule has 0 saturated carbocycles. The van der Waals surface area contributed by atoms with Crippen molar-refractivity contribution >= 4 is 12.1 Å². The van der Waals surface area contributed by atoms with Gasteiger partial charge in [-0.05, 0) is 12.8 Å². The molecule has 0 aromatic carbocycles. The number of nitrogens with zero attached hydrogens (tertiary/aromatic N) is 1. The fourth-order valence-electron chi connectivity index (χ4n) is 1.52. The zero-order valence-electron chi connectivity index (χ0n) is 8.94. The largest absolute Gasteiger partial charge is 0.481 e. The van der Waals surface area contributed by atoms with Gasteiger partial charge in [0.05, 0.1) is 12.5 Å². The van der Waals surface area contributed by atoms with Crippen LogP contribution in [-0.4, -0.2) is 41.8 Å². The summed E-state index contributed by atoms with van der Waals surface area (Å²) in [6, 6.07) is 0. The maximum absolute atomic E-state index is 11.4. The molecule has 5 heteroatoms. The molecule has 1 rings (SSSR count). The molecule has 15 heavy (non-hydrogen) atoms. The quantitative estimate of drug-likeness (QED) is 0.718. The molecule has 0 aromatic heterocycles. The maximum atomic E-state index is 11.4. The minimum absolute atomic E-state index is 0.278. The first-order valence-corrected chi connectivity index (χ1v) is 5.29. The molecular weight excluding hydrogens is 198 g/mol. The summed E-state index contributed by atoms with van der Waals surface area (Å²) in [6.07, 6.45) is 1.97. The second kappa shape index (κ2) is 5.58. The van der Waals surface area contributed by atoms with Crippen LogP contribution in [0, 0.1) is 5.92 Å². The Kier molecular flexibility index (Phi) is 4.39. The smallest absolute Gasteiger partial charge is 0.409 e. The predicted octanol–water partition coefficient (Wildman–Crippen LogP) is 1.33. The van der Waals surface area contributed by atoms with E-state index in [1.165, 1.54) is 4.90 Å². The third-order valence-electron chi connectivity index (χ3n) is 2.52. The van der Waals surface area contributed by atoms with E-state index < -0.39 is 11.9 Å². The lowest BCUT2D eigenvalue weighted by Crippen LogP contribution is -2.30. The number of rotatable bonds is 4. The molecule has 1 N–H and O–H groups in total. The van der Waals surface area contributed by atoms with Crippen LogP contribution >= 0.6 is 0 Å². The molecule has 0 aliphatic carbocycles. The number of carbonyl (C=O) groups is 2. The molecular formula is C10H17NO4. The Bertz CT molecular complexity index is 242. The van der Waals surface area contributed by atoms with Crippen LogP contribution in [0.15, 0.2) is 0 Å². The van der Waals surface area contributed by atoms with Crippen molar-refractivity contribution in [1.82, 2.24) is 4.90 Å².